The van der Waals surface area contributed by atoms with Crippen molar-refractivity contribution in [2.24, 2.45) is 0 Å². The largest absolute Gasteiger partial charge is 0.497 e. The van der Waals surface area contributed by atoms with E-state index in [2.05, 4.69) is 6.58 Å². The zero-order chi connectivity index (χ0) is 22.1. The van der Waals surface area contributed by atoms with Crippen molar-refractivity contribution in [1.29, 1.82) is 0 Å². The van der Waals surface area contributed by atoms with Crippen LogP contribution in [0.1, 0.15) is 45.1 Å². The third kappa shape index (κ3) is 4.15. The number of nitrogens with zero attached hydrogens (tertiary/aromatic N) is 1. The minimum Gasteiger partial charge on any atom is -0.497 e. The van der Waals surface area contributed by atoms with Crippen LogP contribution in [-0.2, 0) is 19.0 Å². The van der Waals surface area contributed by atoms with Crippen LogP contribution in [0, 0.1) is 0 Å². The number of benzene rings is 1. The molecule has 1 atom stereocenters. The van der Waals surface area contributed by atoms with Crippen LogP contribution in [0.5, 0.6) is 5.75 Å². The molecule has 1 heterocycles. The smallest absolute Gasteiger partial charge is 0.414 e. The number of carboxylic acid groups (broad SMARTS) is 1. The Kier molecular flexibility index (Phi) is 6.10. The highest BCUT2D eigenvalue weighted by molar-refractivity contribution is 5.96. The molecule has 1 aliphatic carbocycles. The summed E-state index contributed by atoms with van der Waals surface area (Å²) in [6.45, 7) is 7.59. The molecule has 1 aromatic carbocycles. The summed E-state index contributed by atoms with van der Waals surface area (Å²) < 4.78 is 22.9. The number of hydrogen-bond donors (Lipinski definition) is 1. The third-order valence-corrected chi connectivity index (χ3v) is 5.62. The first-order valence-electron chi connectivity index (χ1n) is 9.95. The Bertz CT molecular complexity index is 842. The second kappa shape index (κ2) is 8.28. The van der Waals surface area contributed by atoms with E-state index in [0.717, 1.165) is 30.6 Å². The second-order valence-corrected chi connectivity index (χ2v) is 8.18. The van der Waals surface area contributed by atoms with Crippen LogP contribution >= 0.6 is 0 Å². The van der Waals surface area contributed by atoms with Gasteiger partial charge in [0.05, 0.1) is 25.5 Å². The van der Waals surface area contributed by atoms with Gasteiger partial charge in [0, 0.05) is 18.4 Å². The quantitative estimate of drug-likeness (QED) is 0.749. The van der Waals surface area contributed by atoms with E-state index in [1.54, 1.807) is 18.2 Å². The highest BCUT2D eigenvalue weighted by atomic mass is 16.8. The zero-order valence-electron chi connectivity index (χ0n) is 17.9. The SMILES string of the molecule is C=C(c1cc(OC)ccc1N(CC(=O)O)C(=O)OC)[C@@H]1OC2(CCCC2)OC1(C)C. The van der Waals surface area contributed by atoms with E-state index < -0.39 is 36.1 Å². The van der Waals surface area contributed by atoms with Gasteiger partial charge in [-0.2, -0.15) is 0 Å². The molecule has 1 aliphatic heterocycles. The summed E-state index contributed by atoms with van der Waals surface area (Å²) in [6, 6.07) is 4.99. The molecular weight excluding hydrogens is 390 g/mol. The highest BCUT2D eigenvalue weighted by Gasteiger charge is 2.54. The Morgan fingerprint density at radius 2 is 1.93 bits per heavy atom. The minimum absolute atomic E-state index is 0.349. The van der Waals surface area contributed by atoms with Crippen LogP contribution in [0.15, 0.2) is 24.8 Å². The lowest BCUT2D eigenvalue weighted by atomic mass is 9.90. The van der Waals surface area contributed by atoms with Gasteiger partial charge in [0.2, 0.25) is 0 Å². The van der Waals surface area contributed by atoms with Crippen molar-refractivity contribution in [2.75, 3.05) is 25.7 Å². The fourth-order valence-corrected chi connectivity index (χ4v) is 4.31. The third-order valence-electron chi connectivity index (χ3n) is 5.62. The molecule has 0 bridgehead atoms. The number of hydrogen-bond acceptors (Lipinski definition) is 6. The predicted molar refractivity (Wildman–Crippen MR) is 111 cm³/mol. The summed E-state index contributed by atoms with van der Waals surface area (Å²) in [6.07, 6.45) is 2.44. The van der Waals surface area contributed by atoms with E-state index in [1.807, 2.05) is 13.8 Å². The first-order chi connectivity index (χ1) is 14.1. The fraction of sp³-hybridized carbons (Fsp3) is 0.545. The van der Waals surface area contributed by atoms with Crippen molar-refractivity contribution >= 4 is 23.3 Å². The average Bonchev–Trinajstić information content (AvgIpc) is 3.26. The van der Waals surface area contributed by atoms with Crippen molar-refractivity contribution in [1.82, 2.24) is 0 Å². The van der Waals surface area contributed by atoms with Crippen molar-refractivity contribution in [3.8, 4) is 5.75 Å². The maximum absolute atomic E-state index is 12.4. The fourth-order valence-electron chi connectivity index (χ4n) is 4.31. The normalized spacial score (nSPS) is 21.4. The monoisotopic (exact) mass is 419 g/mol. The lowest BCUT2D eigenvalue weighted by Crippen LogP contribution is -2.37. The molecule has 1 spiro atoms. The summed E-state index contributed by atoms with van der Waals surface area (Å²) in [5, 5.41) is 9.31. The number of anilines is 1. The molecule has 8 heteroatoms. The first kappa shape index (κ1) is 22.1. The Labute approximate surface area is 176 Å². The zero-order valence-corrected chi connectivity index (χ0v) is 17.9. The van der Waals surface area contributed by atoms with Gasteiger partial charge >= 0.3 is 12.1 Å². The van der Waals surface area contributed by atoms with E-state index >= 15 is 0 Å². The maximum atomic E-state index is 12.4. The standard InChI is InChI=1S/C22H29NO7/c1-14(19-21(2,3)30-22(29-19)10-6-7-11-22)16-12-15(27-4)8-9-17(16)23(13-18(24)25)20(26)28-5/h8-9,12,19H,1,6-7,10-11,13H2,2-5H3,(H,24,25)/t19-/m0/s1. The number of carboxylic acids is 1. The molecule has 1 aromatic rings. The van der Waals surface area contributed by atoms with Crippen molar-refractivity contribution in [3.63, 3.8) is 0 Å². The van der Waals surface area contributed by atoms with E-state index in [0.29, 0.717) is 22.6 Å². The molecule has 1 N–H and O–H groups in total. The molecular formula is C22H29NO7. The van der Waals surface area contributed by atoms with Crippen molar-refractivity contribution in [2.45, 2.75) is 57.0 Å². The van der Waals surface area contributed by atoms with Gasteiger partial charge in [-0.15, -0.1) is 0 Å². The Morgan fingerprint density at radius 1 is 1.27 bits per heavy atom. The summed E-state index contributed by atoms with van der Waals surface area (Å²) in [4.78, 5) is 24.8. The summed E-state index contributed by atoms with van der Waals surface area (Å²) in [5.41, 5.74) is 0.821. The van der Waals surface area contributed by atoms with Crippen molar-refractivity contribution in [3.05, 3.63) is 30.3 Å². The Morgan fingerprint density at radius 3 is 2.50 bits per heavy atom. The minimum atomic E-state index is -1.17. The summed E-state index contributed by atoms with van der Waals surface area (Å²) >= 11 is 0. The number of amides is 1. The van der Waals surface area contributed by atoms with Gasteiger partial charge in [0.1, 0.15) is 18.4 Å². The van der Waals surface area contributed by atoms with Gasteiger partial charge in [-0.05, 0) is 50.5 Å². The van der Waals surface area contributed by atoms with Crippen LogP contribution in [-0.4, -0.2) is 55.4 Å². The Hall–Kier alpha value is -2.58. The highest BCUT2D eigenvalue weighted by Crippen LogP contribution is 2.50. The van der Waals surface area contributed by atoms with Gasteiger partial charge in [-0.1, -0.05) is 6.58 Å². The maximum Gasteiger partial charge on any atom is 0.414 e. The van der Waals surface area contributed by atoms with Crippen LogP contribution < -0.4 is 9.64 Å². The van der Waals surface area contributed by atoms with Crippen LogP contribution in [0.3, 0.4) is 0 Å². The van der Waals surface area contributed by atoms with Crippen molar-refractivity contribution < 1.29 is 33.6 Å². The van der Waals surface area contributed by atoms with E-state index in [9.17, 15) is 14.7 Å². The topological polar surface area (TPSA) is 94.5 Å². The number of carbonyl (C=O) groups excluding carboxylic acids is 1. The molecule has 0 unspecified atom stereocenters. The molecule has 3 rings (SSSR count). The van der Waals surface area contributed by atoms with Gasteiger partial charge < -0.3 is 24.1 Å². The van der Waals surface area contributed by atoms with Gasteiger partial charge in [-0.25, -0.2) is 4.79 Å². The molecule has 164 valence electrons. The molecule has 0 radical (unpaired) electrons. The number of carbonyl (C=O) groups is 2. The number of aliphatic carboxylic acids is 1. The van der Waals surface area contributed by atoms with E-state index in [1.165, 1.54) is 14.2 Å². The van der Waals surface area contributed by atoms with Crippen LogP contribution in [0.25, 0.3) is 5.57 Å². The lowest BCUT2D eigenvalue weighted by Gasteiger charge is -2.29. The van der Waals surface area contributed by atoms with Gasteiger partial charge in [-0.3, -0.25) is 9.69 Å². The number of methoxy groups -OCH3 is 2. The molecule has 2 fully saturated rings. The molecule has 1 saturated heterocycles. The molecule has 30 heavy (non-hydrogen) atoms. The molecule has 1 saturated carbocycles. The number of rotatable bonds is 6. The lowest BCUT2D eigenvalue weighted by molar-refractivity contribution is -0.177. The second-order valence-electron chi connectivity index (χ2n) is 8.18. The molecule has 8 nitrogen and oxygen atoms in total. The van der Waals surface area contributed by atoms with Gasteiger partial charge in [0.15, 0.2) is 5.79 Å². The molecule has 2 aliphatic rings. The van der Waals surface area contributed by atoms with Crippen LogP contribution in [0.2, 0.25) is 0 Å². The number of ether oxygens (including phenoxy) is 4. The van der Waals surface area contributed by atoms with Crippen LogP contribution in [0.4, 0.5) is 10.5 Å². The predicted octanol–water partition coefficient (Wildman–Crippen LogP) is 3.83. The van der Waals surface area contributed by atoms with E-state index in [-0.39, 0.29) is 0 Å². The molecule has 0 aromatic heterocycles. The van der Waals surface area contributed by atoms with Gasteiger partial charge in [0.25, 0.3) is 0 Å². The molecule has 1 amide bonds. The first-order valence-corrected chi connectivity index (χ1v) is 9.95. The average molecular weight is 419 g/mol. The Balaban J connectivity index is 2.04. The summed E-state index contributed by atoms with van der Waals surface area (Å²) in [7, 11) is 2.74. The van der Waals surface area contributed by atoms with E-state index in [4.69, 9.17) is 18.9 Å². The summed E-state index contributed by atoms with van der Waals surface area (Å²) in [5.74, 6) is -1.25.